The number of benzene rings is 4. The zero-order valence-electron chi connectivity index (χ0n) is 19.7. The van der Waals surface area contributed by atoms with Crippen LogP contribution in [0.3, 0.4) is 0 Å². The molecule has 0 atom stereocenters. The van der Waals surface area contributed by atoms with Crippen molar-refractivity contribution in [1.29, 1.82) is 0 Å². The van der Waals surface area contributed by atoms with Gasteiger partial charge >= 0.3 is 0 Å². The van der Waals surface area contributed by atoms with E-state index in [1.807, 2.05) is 13.0 Å². The van der Waals surface area contributed by atoms with Gasteiger partial charge in [-0.1, -0.05) is 18.2 Å². The molecule has 4 aromatic carbocycles. The lowest BCUT2D eigenvalue weighted by Gasteiger charge is -2.09. The van der Waals surface area contributed by atoms with Gasteiger partial charge in [-0.2, -0.15) is 0 Å². The van der Waals surface area contributed by atoms with Gasteiger partial charge in [0.1, 0.15) is 5.75 Å². The molecule has 0 radical (unpaired) electrons. The molecule has 0 spiro atoms. The van der Waals surface area contributed by atoms with E-state index in [1.165, 1.54) is 0 Å². The summed E-state index contributed by atoms with van der Waals surface area (Å²) < 4.78 is 5.40. The minimum atomic E-state index is -0.303. The van der Waals surface area contributed by atoms with Gasteiger partial charge in [0.2, 0.25) is 0 Å². The van der Waals surface area contributed by atoms with Crippen LogP contribution in [-0.2, 0) is 0 Å². The van der Waals surface area contributed by atoms with Crippen molar-refractivity contribution in [3.05, 3.63) is 120 Å². The third kappa shape index (κ3) is 6.36. The molecule has 36 heavy (non-hydrogen) atoms. The Morgan fingerprint density at radius 2 is 0.889 bits per heavy atom. The topological polar surface area (TPSA) is 96.5 Å². The first-order valence-corrected chi connectivity index (χ1v) is 11.4. The molecule has 0 saturated carbocycles. The monoisotopic (exact) mass is 479 g/mol. The van der Waals surface area contributed by atoms with Crippen LogP contribution in [0.5, 0.6) is 5.75 Å². The van der Waals surface area contributed by atoms with Crippen LogP contribution in [0.25, 0.3) is 0 Å². The second-order valence-corrected chi connectivity index (χ2v) is 7.84. The molecule has 0 aliphatic heterocycles. The quantitative estimate of drug-likeness (QED) is 0.296. The first-order valence-electron chi connectivity index (χ1n) is 11.4. The molecule has 0 aromatic heterocycles. The number of rotatable bonds is 8. The van der Waals surface area contributed by atoms with Crippen molar-refractivity contribution in [2.45, 2.75) is 6.92 Å². The highest BCUT2D eigenvalue weighted by Crippen LogP contribution is 2.18. The van der Waals surface area contributed by atoms with E-state index in [-0.39, 0.29) is 17.7 Å². The average molecular weight is 480 g/mol. The van der Waals surface area contributed by atoms with Crippen LogP contribution < -0.4 is 20.7 Å². The van der Waals surface area contributed by atoms with E-state index in [2.05, 4.69) is 16.0 Å². The maximum atomic E-state index is 12.6. The Hall–Kier alpha value is -4.91. The fourth-order valence-corrected chi connectivity index (χ4v) is 3.41. The summed E-state index contributed by atoms with van der Waals surface area (Å²) in [4.78, 5) is 37.4. The standard InChI is InChI=1S/C29H25N3O4/c1-2-36-26-18-16-25(17-19-26)32-29(35)22-10-14-24(15-11-22)31-28(34)21-8-12-23(13-9-21)30-27(33)20-6-4-3-5-7-20/h3-19H,2H2,1H3,(H,30,33)(H,31,34)(H,32,35). The number of amides is 3. The second-order valence-electron chi connectivity index (χ2n) is 7.84. The van der Waals surface area contributed by atoms with Crippen LogP contribution in [0, 0.1) is 0 Å². The molecular formula is C29H25N3O4. The van der Waals surface area contributed by atoms with Crippen molar-refractivity contribution >= 4 is 34.8 Å². The van der Waals surface area contributed by atoms with Crippen molar-refractivity contribution in [2.75, 3.05) is 22.6 Å². The lowest BCUT2D eigenvalue weighted by molar-refractivity contribution is 0.101. The molecule has 0 aliphatic carbocycles. The van der Waals surface area contributed by atoms with Gasteiger partial charge in [-0.15, -0.1) is 0 Å². The molecular weight excluding hydrogens is 454 g/mol. The van der Waals surface area contributed by atoms with Gasteiger partial charge in [0.05, 0.1) is 6.61 Å². The Morgan fingerprint density at radius 1 is 0.528 bits per heavy atom. The minimum absolute atomic E-state index is 0.223. The molecule has 0 heterocycles. The van der Waals surface area contributed by atoms with Crippen LogP contribution in [-0.4, -0.2) is 24.3 Å². The second kappa shape index (κ2) is 11.5. The summed E-state index contributed by atoms with van der Waals surface area (Å²) in [6.45, 7) is 2.49. The fraction of sp³-hybridized carbons (Fsp3) is 0.0690. The zero-order valence-corrected chi connectivity index (χ0v) is 19.7. The van der Waals surface area contributed by atoms with Gasteiger partial charge < -0.3 is 20.7 Å². The largest absolute Gasteiger partial charge is 0.494 e. The van der Waals surface area contributed by atoms with Crippen molar-refractivity contribution in [1.82, 2.24) is 0 Å². The number of carbonyl (C=O) groups excluding carboxylic acids is 3. The van der Waals surface area contributed by atoms with E-state index in [0.717, 1.165) is 5.75 Å². The van der Waals surface area contributed by atoms with E-state index < -0.39 is 0 Å². The summed E-state index contributed by atoms with van der Waals surface area (Å²) >= 11 is 0. The van der Waals surface area contributed by atoms with Gasteiger partial charge in [-0.05, 0) is 91.9 Å². The Balaban J connectivity index is 1.31. The molecule has 0 fully saturated rings. The maximum Gasteiger partial charge on any atom is 0.255 e. The fourth-order valence-electron chi connectivity index (χ4n) is 3.41. The highest BCUT2D eigenvalue weighted by molar-refractivity contribution is 6.07. The molecule has 3 N–H and O–H groups in total. The molecule has 0 bridgehead atoms. The Labute approximate surface area is 209 Å². The first-order chi connectivity index (χ1) is 17.5. The van der Waals surface area contributed by atoms with Crippen LogP contribution >= 0.6 is 0 Å². The van der Waals surface area contributed by atoms with Crippen molar-refractivity contribution < 1.29 is 19.1 Å². The van der Waals surface area contributed by atoms with Gasteiger partial charge in [0, 0.05) is 33.8 Å². The number of carbonyl (C=O) groups is 3. The van der Waals surface area contributed by atoms with Crippen molar-refractivity contribution in [2.24, 2.45) is 0 Å². The van der Waals surface area contributed by atoms with Crippen LogP contribution in [0.2, 0.25) is 0 Å². The number of nitrogens with one attached hydrogen (secondary N) is 3. The summed E-state index contributed by atoms with van der Waals surface area (Å²) in [5.74, 6) is -0.0469. The Kier molecular flexibility index (Phi) is 7.73. The van der Waals surface area contributed by atoms with E-state index in [9.17, 15) is 14.4 Å². The third-order valence-electron chi connectivity index (χ3n) is 5.27. The molecule has 3 amide bonds. The van der Waals surface area contributed by atoms with E-state index in [0.29, 0.717) is 40.4 Å². The van der Waals surface area contributed by atoms with Crippen molar-refractivity contribution in [3.8, 4) is 5.75 Å². The summed E-state index contributed by atoms with van der Waals surface area (Å²) in [6, 6.07) is 29.2. The highest BCUT2D eigenvalue weighted by atomic mass is 16.5. The minimum Gasteiger partial charge on any atom is -0.494 e. The molecule has 0 aliphatic rings. The number of hydrogen-bond acceptors (Lipinski definition) is 4. The molecule has 7 heteroatoms. The van der Waals surface area contributed by atoms with Gasteiger partial charge in [-0.25, -0.2) is 0 Å². The third-order valence-corrected chi connectivity index (χ3v) is 5.27. The van der Waals surface area contributed by atoms with E-state index >= 15 is 0 Å². The summed E-state index contributed by atoms with van der Waals surface area (Å²) in [7, 11) is 0. The Morgan fingerprint density at radius 3 is 1.28 bits per heavy atom. The van der Waals surface area contributed by atoms with E-state index in [4.69, 9.17) is 4.74 Å². The molecule has 4 rings (SSSR count). The number of hydrogen-bond donors (Lipinski definition) is 3. The van der Waals surface area contributed by atoms with Crippen molar-refractivity contribution in [3.63, 3.8) is 0 Å². The highest BCUT2D eigenvalue weighted by Gasteiger charge is 2.10. The predicted molar refractivity (Wildman–Crippen MR) is 141 cm³/mol. The predicted octanol–water partition coefficient (Wildman–Crippen LogP) is 5.84. The average Bonchev–Trinajstić information content (AvgIpc) is 2.91. The van der Waals surface area contributed by atoms with Gasteiger partial charge in [0.15, 0.2) is 0 Å². The lowest BCUT2D eigenvalue weighted by atomic mass is 10.1. The molecule has 4 aromatic rings. The van der Waals surface area contributed by atoms with Gasteiger partial charge in [-0.3, -0.25) is 14.4 Å². The molecule has 7 nitrogen and oxygen atoms in total. The summed E-state index contributed by atoms with van der Waals surface area (Å²) in [5, 5.41) is 8.44. The SMILES string of the molecule is CCOc1ccc(NC(=O)c2ccc(NC(=O)c3ccc(NC(=O)c4ccccc4)cc3)cc2)cc1. The number of ether oxygens (including phenoxy) is 1. The summed E-state index contributed by atoms with van der Waals surface area (Å²) in [6.07, 6.45) is 0. The zero-order chi connectivity index (χ0) is 25.3. The van der Waals surface area contributed by atoms with Gasteiger partial charge in [0.25, 0.3) is 17.7 Å². The molecule has 180 valence electrons. The molecule has 0 unspecified atom stereocenters. The normalized spacial score (nSPS) is 10.2. The Bertz CT molecular complexity index is 1330. The summed E-state index contributed by atoms with van der Waals surface area (Å²) in [5.41, 5.74) is 3.24. The lowest BCUT2D eigenvalue weighted by Crippen LogP contribution is -2.14. The maximum absolute atomic E-state index is 12.6. The van der Waals surface area contributed by atoms with Crippen LogP contribution in [0.1, 0.15) is 38.0 Å². The molecule has 0 saturated heterocycles. The van der Waals surface area contributed by atoms with E-state index in [1.54, 1.807) is 97.1 Å². The smallest absolute Gasteiger partial charge is 0.255 e. The van der Waals surface area contributed by atoms with Crippen LogP contribution in [0.4, 0.5) is 17.1 Å². The number of anilines is 3. The van der Waals surface area contributed by atoms with Crippen LogP contribution in [0.15, 0.2) is 103 Å². The first kappa shape index (κ1) is 24.2.